The van der Waals surface area contributed by atoms with Crippen molar-refractivity contribution in [2.75, 3.05) is 19.6 Å². The smallest absolute Gasteiger partial charge is 0.252 e. The number of pyridine rings is 1. The Morgan fingerprint density at radius 2 is 1.84 bits per heavy atom. The van der Waals surface area contributed by atoms with Crippen LogP contribution in [0.5, 0.6) is 0 Å². The van der Waals surface area contributed by atoms with Crippen LogP contribution in [0, 0.1) is 6.92 Å². The van der Waals surface area contributed by atoms with Crippen LogP contribution in [-0.2, 0) is 0 Å². The van der Waals surface area contributed by atoms with Crippen molar-refractivity contribution in [3.63, 3.8) is 0 Å². The van der Waals surface area contributed by atoms with E-state index in [0.29, 0.717) is 12.1 Å². The van der Waals surface area contributed by atoms with Gasteiger partial charge in [0.1, 0.15) is 0 Å². The Hall–Kier alpha value is -2.20. The van der Waals surface area contributed by atoms with Crippen LogP contribution < -0.4 is 5.32 Å². The third kappa shape index (κ3) is 4.89. The zero-order chi connectivity index (χ0) is 17.5. The first-order chi connectivity index (χ1) is 12.2. The molecule has 0 aliphatic carbocycles. The van der Waals surface area contributed by atoms with Gasteiger partial charge >= 0.3 is 0 Å². The molecule has 3 rings (SSSR count). The first kappa shape index (κ1) is 17.6. The molecular formula is C21H27N3O. The summed E-state index contributed by atoms with van der Waals surface area (Å²) in [4.78, 5) is 19.0. The van der Waals surface area contributed by atoms with Crippen molar-refractivity contribution in [2.45, 2.75) is 38.6 Å². The summed E-state index contributed by atoms with van der Waals surface area (Å²) in [5.41, 5.74) is 3.15. The van der Waals surface area contributed by atoms with E-state index in [2.05, 4.69) is 46.4 Å². The molecule has 1 saturated heterocycles. The monoisotopic (exact) mass is 337 g/mol. The van der Waals surface area contributed by atoms with Gasteiger partial charge in [0.25, 0.3) is 5.91 Å². The van der Waals surface area contributed by atoms with Gasteiger partial charge in [-0.05, 0) is 50.6 Å². The van der Waals surface area contributed by atoms with E-state index in [0.717, 1.165) is 13.1 Å². The summed E-state index contributed by atoms with van der Waals surface area (Å²) in [6.07, 6.45) is 8.38. The number of carbonyl (C=O) groups excluding carboxylic acids is 1. The second-order valence-corrected chi connectivity index (χ2v) is 6.83. The van der Waals surface area contributed by atoms with Crippen molar-refractivity contribution in [3.05, 3.63) is 65.5 Å². The summed E-state index contributed by atoms with van der Waals surface area (Å²) in [5.74, 6) is -0.0555. The molecule has 1 aliphatic rings. The Kier molecular flexibility index (Phi) is 6.18. The number of nitrogens with zero attached hydrogens (tertiary/aromatic N) is 2. The Labute approximate surface area is 150 Å². The van der Waals surface area contributed by atoms with E-state index in [1.807, 2.05) is 0 Å². The van der Waals surface area contributed by atoms with E-state index in [9.17, 15) is 4.79 Å². The predicted molar refractivity (Wildman–Crippen MR) is 101 cm³/mol. The number of nitrogens with one attached hydrogen (secondary N) is 1. The summed E-state index contributed by atoms with van der Waals surface area (Å²) < 4.78 is 0. The molecule has 0 radical (unpaired) electrons. The fraction of sp³-hybridized carbons (Fsp3) is 0.429. The van der Waals surface area contributed by atoms with Gasteiger partial charge in [-0.1, -0.05) is 42.7 Å². The standard InChI is InChI=1S/C21H27N3O/c1-17-8-10-18(11-9-17)20(24-13-4-2-3-5-14-24)16-23-21(25)19-7-6-12-22-15-19/h6-12,15,20H,2-5,13-14,16H2,1H3,(H,23,25). The van der Waals surface area contributed by atoms with E-state index < -0.39 is 0 Å². The number of hydrogen-bond donors (Lipinski definition) is 1. The Morgan fingerprint density at radius 1 is 1.12 bits per heavy atom. The Bertz CT molecular complexity index is 661. The highest BCUT2D eigenvalue weighted by atomic mass is 16.1. The van der Waals surface area contributed by atoms with Crippen molar-refractivity contribution in [1.29, 1.82) is 0 Å². The summed E-state index contributed by atoms with van der Waals surface area (Å²) >= 11 is 0. The van der Waals surface area contributed by atoms with Gasteiger partial charge in [-0.25, -0.2) is 0 Å². The Balaban J connectivity index is 1.73. The molecule has 1 aromatic heterocycles. The highest BCUT2D eigenvalue weighted by Crippen LogP contribution is 2.24. The highest BCUT2D eigenvalue weighted by Gasteiger charge is 2.22. The third-order valence-electron chi connectivity index (χ3n) is 4.92. The van der Waals surface area contributed by atoms with Gasteiger partial charge in [0.2, 0.25) is 0 Å². The Morgan fingerprint density at radius 3 is 2.48 bits per heavy atom. The lowest BCUT2D eigenvalue weighted by molar-refractivity contribution is 0.0933. The van der Waals surface area contributed by atoms with E-state index >= 15 is 0 Å². The van der Waals surface area contributed by atoms with Crippen molar-refractivity contribution in [3.8, 4) is 0 Å². The van der Waals surface area contributed by atoms with Crippen LogP contribution in [0.25, 0.3) is 0 Å². The minimum atomic E-state index is -0.0555. The normalized spacial score (nSPS) is 16.8. The second-order valence-electron chi connectivity index (χ2n) is 6.83. The van der Waals surface area contributed by atoms with Crippen LogP contribution in [0.4, 0.5) is 0 Å². The molecule has 1 atom stereocenters. The zero-order valence-corrected chi connectivity index (χ0v) is 14.9. The predicted octanol–water partition coefficient (Wildman–Crippen LogP) is 3.74. The number of benzene rings is 1. The van der Waals surface area contributed by atoms with Crippen molar-refractivity contribution in [1.82, 2.24) is 15.2 Å². The number of likely N-dealkylation sites (tertiary alicyclic amines) is 1. The van der Waals surface area contributed by atoms with E-state index in [4.69, 9.17) is 0 Å². The maximum absolute atomic E-state index is 12.4. The van der Waals surface area contributed by atoms with Crippen LogP contribution in [0.15, 0.2) is 48.8 Å². The number of aromatic nitrogens is 1. The summed E-state index contributed by atoms with van der Waals surface area (Å²) in [6, 6.07) is 12.5. The molecule has 1 aliphatic heterocycles. The van der Waals surface area contributed by atoms with E-state index in [1.54, 1.807) is 24.5 Å². The molecule has 2 heterocycles. The molecule has 0 bridgehead atoms. The minimum Gasteiger partial charge on any atom is -0.350 e. The summed E-state index contributed by atoms with van der Waals surface area (Å²) in [7, 11) is 0. The summed E-state index contributed by atoms with van der Waals surface area (Å²) in [5, 5.41) is 3.11. The van der Waals surface area contributed by atoms with E-state index in [-0.39, 0.29) is 11.9 Å². The van der Waals surface area contributed by atoms with Crippen LogP contribution in [0.3, 0.4) is 0 Å². The van der Waals surface area contributed by atoms with Crippen LogP contribution in [0.2, 0.25) is 0 Å². The topological polar surface area (TPSA) is 45.2 Å². The molecule has 0 saturated carbocycles. The average Bonchev–Trinajstić information content (AvgIpc) is 2.93. The number of hydrogen-bond acceptors (Lipinski definition) is 3. The maximum Gasteiger partial charge on any atom is 0.252 e. The van der Waals surface area contributed by atoms with Gasteiger partial charge in [-0.15, -0.1) is 0 Å². The highest BCUT2D eigenvalue weighted by molar-refractivity contribution is 5.93. The molecule has 25 heavy (non-hydrogen) atoms. The lowest BCUT2D eigenvalue weighted by Crippen LogP contribution is -2.38. The van der Waals surface area contributed by atoms with Crippen molar-refractivity contribution in [2.24, 2.45) is 0 Å². The molecule has 4 heteroatoms. The quantitative estimate of drug-likeness (QED) is 0.904. The molecule has 1 aromatic carbocycles. The van der Waals surface area contributed by atoms with Crippen LogP contribution >= 0.6 is 0 Å². The molecule has 4 nitrogen and oxygen atoms in total. The van der Waals surface area contributed by atoms with Gasteiger partial charge in [0.05, 0.1) is 11.6 Å². The molecule has 2 aromatic rings. The zero-order valence-electron chi connectivity index (χ0n) is 14.9. The fourth-order valence-corrected chi connectivity index (χ4v) is 3.44. The van der Waals surface area contributed by atoms with Gasteiger partial charge in [-0.2, -0.15) is 0 Å². The van der Waals surface area contributed by atoms with Gasteiger partial charge in [-0.3, -0.25) is 14.7 Å². The number of carbonyl (C=O) groups is 1. The number of aryl methyl sites for hydroxylation is 1. The van der Waals surface area contributed by atoms with E-state index in [1.165, 1.54) is 36.8 Å². The third-order valence-corrected chi connectivity index (χ3v) is 4.92. The van der Waals surface area contributed by atoms with Gasteiger partial charge in [0.15, 0.2) is 0 Å². The maximum atomic E-state index is 12.4. The minimum absolute atomic E-state index is 0.0555. The van der Waals surface area contributed by atoms with Gasteiger partial charge < -0.3 is 5.32 Å². The van der Waals surface area contributed by atoms with Crippen LogP contribution in [0.1, 0.15) is 53.2 Å². The van der Waals surface area contributed by atoms with Gasteiger partial charge in [0, 0.05) is 18.9 Å². The second kappa shape index (κ2) is 8.77. The molecular weight excluding hydrogens is 310 g/mol. The van der Waals surface area contributed by atoms with Crippen molar-refractivity contribution < 1.29 is 4.79 Å². The number of rotatable bonds is 5. The number of amides is 1. The largest absolute Gasteiger partial charge is 0.350 e. The molecule has 1 amide bonds. The molecule has 1 unspecified atom stereocenters. The molecule has 0 spiro atoms. The van der Waals surface area contributed by atoms with Crippen LogP contribution in [-0.4, -0.2) is 35.4 Å². The fourth-order valence-electron chi connectivity index (χ4n) is 3.44. The van der Waals surface area contributed by atoms with Crippen molar-refractivity contribution >= 4 is 5.91 Å². The average molecular weight is 337 g/mol. The molecule has 132 valence electrons. The molecule has 1 fully saturated rings. The lowest BCUT2D eigenvalue weighted by atomic mass is 10.0. The lowest BCUT2D eigenvalue weighted by Gasteiger charge is -2.31. The summed E-state index contributed by atoms with van der Waals surface area (Å²) in [6.45, 7) is 4.92. The SMILES string of the molecule is Cc1ccc(C(CNC(=O)c2cccnc2)N2CCCCCC2)cc1. The first-order valence-electron chi connectivity index (χ1n) is 9.23. The molecule has 1 N–H and O–H groups in total. The first-order valence-corrected chi connectivity index (χ1v) is 9.23.